The SMILES string of the molecule is Cc1ccc(C)n1-c1c(C(=O)Nc2ccc(C(C)C(=O)O)cc2)cnn1C. The molecule has 0 aliphatic rings. The summed E-state index contributed by atoms with van der Waals surface area (Å²) in [5.41, 5.74) is 3.76. The molecule has 2 heterocycles. The van der Waals surface area contributed by atoms with Gasteiger partial charge in [-0.1, -0.05) is 12.1 Å². The maximum absolute atomic E-state index is 12.8. The number of anilines is 1. The van der Waals surface area contributed by atoms with Crippen molar-refractivity contribution >= 4 is 17.6 Å². The molecule has 140 valence electrons. The summed E-state index contributed by atoms with van der Waals surface area (Å²) in [6.07, 6.45) is 1.55. The normalized spacial score (nSPS) is 12.0. The zero-order chi connectivity index (χ0) is 19.7. The van der Waals surface area contributed by atoms with Gasteiger partial charge >= 0.3 is 5.97 Å². The van der Waals surface area contributed by atoms with E-state index in [0.29, 0.717) is 22.6 Å². The predicted molar refractivity (Wildman–Crippen MR) is 102 cm³/mol. The van der Waals surface area contributed by atoms with Crippen LogP contribution in [-0.2, 0) is 11.8 Å². The van der Waals surface area contributed by atoms with Crippen molar-refractivity contribution in [2.24, 2.45) is 7.05 Å². The molecule has 2 N–H and O–H groups in total. The molecule has 7 heteroatoms. The van der Waals surface area contributed by atoms with Crippen LogP contribution in [0.2, 0.25) is 0 Å². The van der Waals surface area contributed by atoms with Gasteiger partial charge in [0.1, 0.15) is 11.4 Å². The van der Waals surface area contributed by atoms with Gasteiger partial charge in [-0.25, -0.2) is 0 Å². The van der Waals surface area contributed by atoms with Gasteiger partial charge in [0, 0.05) is 24.1 Å². The predicted octanol–water partition coefficient (Wildman–Crippen LogP) is 3.27. The van der Waals surface area contributed by atoms with Gasteiger partial charge in [-0.2, -0.15) is 5.10 Å². The number of carboxylic acids is 1. The molecule has 1 atom stereocenters. The van der Waals surface area contributed by atoms with E-state index in [0.717, 1.165) is 11.4 Å². The van der Waals surface area contributed by atoms with Crippen LogP contribution in [0, 0.1) is 13.8 Å². The average molecular weight is 366 g/mol. The summed E-state index contributed by atoms with van der Waals surface area (Å²) in [7, 11) is 1.80. The molecule has 1 aromatic carbocycles. The number of hydrogen-bond donors (Lipinski definition) is 2. The molecule has 27 heavy (non-hydrogen) atoms. The van der Waals surface area contributed by atoms with Crippen LogP contribution in [0.15, 0.2) is 42.6 Å². The first-order chi connectivity index (χ1) is 12.8. The standard InChI is InChI=1S/C20H22N4O3/c1-12-5-6-13(2)24(12)19-17(11-21-23(19)4)18(25)22-16-9-7-15(8-10-16)14(3)20(26)27/h5-11,14H,1-4H3,(H,22,25)(H,26,27). The molecule has 3 aromatic rings. The highest BCUT2D eigenvalue weighted by molar-refractivity contribution is 6.06. The first-order valence-corrected chi connectivity index (χ1v) is 8.61. The van der Waals surface area contributed by atoms with E-state index in [4.69, 9.17) is 5.11 Å². The van der Waals surface area contributed by atoms with Crippen molar-refractivity contribution in [3.63, 3.8) is 0 Å². The molecule has 0 aliphatic heterocycles. The molecule has 0 saturated carbocycles. The fraction of sp³-hybridized carbons (Fsp3) is 0.250. The molecule has 0 aliphatic carbocycles. The number of rotatable bonds is 5. The van der Waals surface area contributed by atoms with E-state index in [1.165, 1.54) is 0 Å². The Hall–Kier alpha value is -3.35. The number of aromatic nitrogens is 3. The number of benzene rings is 1. The Morgan fingerprint density at radius 1 is 1.07 bits per heavy atom. The highest BCUT2D eigenvalue weighted by Crippen LogP contribution is 2.22. The Labute approximate surface area is 157 Å². The molecule has 2 aromatic heterocycles. The number of amides is 1. The molecule has 3 rings (SSSR count). The number of hydrogen-bond acceptors (Lipinski definition) is 3. The Balaban J connectivity index is 1.87. The summed E-state index contributed by atoms with van der Waals surface area (Å²) < 4.78 is 3.66. The highest BCUT2D eigenvalue weighted by atomic mass is 16.4. The van der Waals surface area contributed by atoms with Crippen LogP contribution < -0.4 is 5.32 Å². The molecule has 0 radical (unpaired) electrons. The second-order valence-corrected chi connectivity index (χ2v) is 6.59. The van der Waals surface area contributed by atoms with Crippen molar-refractivity contribution in [1.29, 1.82) is 0 Å². The number of aryl methyl sites for hydroxylation is 3. The number of carbonyl (C=O) groups is 2. The third kappa shape index (κ3) is 3.48. The minimum Gasteiger partial charge on any atom is -0.481 e. The fourth-order valence-corrected chi connectivity index (χ4v) is 3.06. The lowest BCUT2D eigenvalue weighted by Gasteiger charge is -2.13. The van der Waals surface area contributed by atoms with Crippen molar-refractivity contribution < 1.29 is 14.7 Å². The maximum Gasteiger partial charge on any atom is 0.310 e. The smallest absolute Gasteiger partial charge is 0.310 e. The van der Waals surface area contributed by atoms with E-state index >= 15 is 0 Å². The highest BCUT2D eigenvalue weighted by Gasteiger charge is 2.20. The monoisotopic (exact) mass is 366 g/mol. The van der Waals surface area contributed by atoms with Gasteiger partial charge in [-0.15, -0.1) is 0 Å². The van der Waals surface area contributed by atoms with Crippen LogP contribution in [0.4, 0.5) is 5.69 Å². The van der Waals surface area contributed by atoms with Gasteiger partial charge in [-0.3, -0.25) is 14.3 Å². The second kappa shape index (κ2) is 7.11. The summed E-state index contributed by atoms with van der Waals surface area (Å²) in [4.78, 5) is 23.9. The number of nitrogens with zero attached hydrogens (tertiary/aromatic N) is 3. The summed E-state index contributed by atoms with van der Waals surface area (Å²) in [6.45, 7) is 5.58. The Morgan fingerprint density at radius 3 is 2.22 bits per heavy atom. The summed E-state index contributed by atoms with van der Waals surface area (Å²) in [5, 5.41) is 16.2. The zero-order valence-electron chi connectivity index (χ0n) is 15.7. The lowest BCUT2D eigenvalue weighted by Crippen LogP contribution is -2.16. The first-order valence-electron chi connectivity index (χ1n) is 8.61. The lowest BCUT2D eigenvalue weighted by atomic mass is 10.0. The van der Waals surface area contributed by atoms with Gasteiger partial charge in [0.15, 0.2) is 0 Å². The zero-order valence-corrected chi connectivity index (χ0v) is 15.7. The van der Waals surface area contributed by atoms with E-state index in [1.807, 2.05) is 30.5 Å². The van der Waals surface area contributed by atoms with E-state index < -0.39 is 11.9 Å². The number of carboxylic acid groups (broad SMARTS) is 1. The Bertz CT molecular complexity index is 979. The van der Waals surface area contributed by atoms with Gasteiger partial charge in [0.2, 0.25) is 0 Å². The molecule has 0 spiro atoms. The quantitative estimate of drug-likeness (QED) is 0.725. The fourth-order valence-electron chi connectivity index (χ4n) is 3.06. The molecule has 1 amide bonds. The number of carbonyl (C=O) groups excluding carboxylic acids is 1. The third-order valence-corrected chi connectivity index (χ3v) is 4.67. The van der Waals surface area contributed by atoms with Crippen molar-refractivity contribution in [3.8, 4) is 5.82 Å². The van der Waals surface area contributed by atoms with Crippen molar-refractivity contribution in [1.82, 2.24) is 14.3 Å². The van der Waals surface area contributed by atoms with E-state index in [1.54, 1.807) is 49.1 Å². The van der Waals surface area contributed by atoms with E-state index in [9.17, 15) is 9.59 Å². The van der Waals surface area contributed by atoms with E-state index in [2.05, 4.69) is 10.4 Å². The van der Waals surface area contributed by atoms with Gasteiger partial charge in [-0.05, 0) is 50.6 Å². The van der Waals surface area contributed by atoms with Crippen LogP contribution in [0.3, 0.4) is 0 Å². The Kier molecular flexibility index (Phi) is 4.85. The minimum absolute atomic E-state index is 0.273. The van der Waals surface area contributed by atoms with E-state index in [-0.39, 0.29) is 5.91 Å². The molecule has 0 bridgehead atoms. The summed E-state index contributed by atoms with van der Waals surface area (Å²) in [5.74, 6) is -1.06. The molecule has 7 nitrogen and oxygen atoms in total. The summed E-state index contributed by atoms with van der Waals surface area (Å²) >= 11 is 0. The second-order valence-electron chi connectivity index (χ2n) is 6.59. The molecule has 0 saturated heterocycles. The van der Waals surface area contributed by atoms with Crippen LogP contribution in [0.25, 0.3) is 5.82 Å². The van der Waals surface area contributed by atoms with Gasteiger partial charge in [0.05, 0.1) is 12.1 Å². The summed E-state index contributed by atoms with van der Waals surface area (Å²) in [6, 6.07) is 10.8. The van der Waals surface area contributed by atoms with Gasteiger partial charge in [0.25, 0.3) is 5.91 Å². The van der Waals surface area contributed by atoms with Crippen LogP contribution in [-0.4, -0.2) is 31.3 Å². The molecule has 1 unspecified atom stereocenters. The van der Waals surface area contributed by atoms with Crippen molar-refractivity contribution in [2.45, 2.75) is 26.7 Å². The van der Waals surface area contributed by atoms with Crippen LogP contribution >= 0.6 is 0 Å². The first kappa shape index (κ1) is 18.4. The maximum atomic E-state index is 12.8. The van der Waals surface area contributed by atoms with Gasteiger partial charge < -0.3 is 15.0 Å². The number of nitrogens with one attached hydrogen (secondary N) is 1. The number of aliphatic carboxylic acids is 1. The van der Waals surface area contributed by atoms with Crippen LogP contribution in [0.1, 0.15) is 40.2 Å². The van der Waals surface area contributed by atoms with Crippen LogP contribution in [0.5, 0.6) is 0 Å². The molecular weight excluding hydrogens is 344 g/mol. The van der Waals surface area contributed by atoms with Crippen molar-refractivity contribution in [2.75, 3.05) is 5.32 Å². The third-order valence-electron chi connectivity index (χ3n) is 4.67. The Morgan fingerprint density at radius 2 is 1.67 bits per heavy atom. The topological polar surface area (TPSA) is 89.2 Å². The average Bonchev–Trinajstić information content (AvgIpc) is 3.16. The lowest BCUT2D eigenvalue weighted by molar-refractivity contribution is -0.138. The molecule has 0 fully saturated rings. The minimum atomic E-state index is -0.885. The van der Waals surface area contributed by atoms with Crippen molar-refractivity contribution in [3.05, 3.63) is 65.1 Å². The largest absolute Gasteiger partial charge is 0.481 e. The molecular formula is C20H22N4O3.